The highest BCUT2D eigenvalue weighted by molar-refractivity contribution is 6.32. The SMILES string of the molecule is COc1ccc(C(=O)COC(=O)/C=C/c2cc(Cl)c(OC)c(OC)c2)cc1F. The number of hydrogen-bond acceptors (Lipinski definition) is 6. The molecular weight excluding hydrogens is 391 g/mol. The smallest absolute Gasteiger partial charge is 0.331 e. The van der Waals surface area contributed by atoms with E-state index in [1.54, 1.807) is 12.1 Å². The maximum atomic E-state index is 13.6. The van der Waals surface area contributed by atoms with Crippen molar-refractivity contribution in [2.24, 2.45) is 0 Å². The van der Waals surface area contributed by atoms with Gasteiger partial charge in [-0.15, -0.1) is 0 Å². The Labute approximate surface area is 166 Å². The number of esters is 1. The molecule has 0 aliphatic heterocycles. The van der Waals surface area contributed by atoms with Gasteiger partial charge in [0.1, 0.15) is 0 Å². The number of hydrogen-bond donors (Lipinski definition) is 0. The maximum Gasteiger partial charge on any atom is 0.331 e. The first-order valence-corrected chi connectivity index (χ1v) is 8.40. The third-order valence-electron chi connectivity index (χ3n) is 3.69. The summed E-state index contributed by atoms with van der Waals surface area (Å²) in [6, 6.07) is 6.94. The van der Waals surface area contributed by atoms with Crippen molar-refractivity contribution in [1.29, 1.82) is 0 Å². The Kier molecular flexibility index (Phi) is 7.40. The fourth-order valence-corrected chi connectivity index (χ4v) is 2.60. The molecule has 0 bridgehead atoms. The quantitative estimate of drug-likeness (QED) is 0.374. The predicted octanol–water partition coefficient (Wildman–Crippen LogP) is 3.94. The molecule has 2 aromatic rings. The van der Waals surface area contributed by atoms with Crippen LogP contribution >= 0.6 is 11.6 Å². The molecule has 28 heavy (non-hydrogen) atoms. The second-order valence-electron chi connectivity index (χ2n) is 5.45. The molecule has 0 atom stereocenters. The summed E-state index contributed by atoms with van der Waals surface area (Å²) in [6.07, 6.45) is 2.59. The molecule has 6 nitrogen and oxygen atoms in total. The number of Topliss-reactive ketones (excluding diaryl/α,β-unsaturated/α-hetero) is 1. The van der Waals surface area contributed by atoms with Crippen molar-refractivity contribution in [3.05, 3.63) is 58.4 Å². The predicted molar refractivity (Wildman–Crippen MR) is 102 cm³/mol. The first-order chi connectivity index (χ1) is 13.4. The van der Waals surface area contributed by atoms with Gasteiger partial charge in [0.2, 0.25) is 0 Å². The average molecular weight is 409 g/mol. The first kappa shape index (κ1) is 21.2. The van der Waals surface area contributed by atoms with Crippen molar-refractivity contribution in [2.75, 3.05) is 27.9 Å². The lowest BCUT2D eigenvalue weighted by Gasteiger charge is -2.10. The molecule has 8 heteroatoms. The van der Waals surface area contributed by atoms with Crippen LogP contribution in [0, 0.1) is 5.82 Å². The van der Waals surface area contributed by atoms with Crippen LogP contribution < -0.4 is 14.2 Å². The number of ether oxygens (including phenoxy) is 4. The average Bonchev–Trinajstić information content (AvgIpc) is 2.69. The number of carbonyl (C=O) groups excluding carboxylic acids is 2. The molecular formula is C20H18ClFO6. The van der Waals surface area contributed by atoms with Crippen molar-refractivity contribution in [1.82, 2.24) is 0 Å². The summed E-state index contributed by atoms with van der Waals surface area (Å²) < 4.78 is 33.6. The van der Waals surface area contributed by atoms with Crippen LogP contribution in [0.5, 0.6) is 17.2 Å². The van der Waals surface area contributed by atoms with Gasteiger partial charge in [-0.1, -0.05) is 11.6 Å². The zero-order valence-electron chi connectivity index (χ0n) is 15.5. The number of ketones is 1. The van der Waals surface area contributed by atoms with E-state index < -0.39 is 24.2 Å². The third-order valence-corrected chi connectivity index (χ3v) is 3.97. The minimum absolute atomic E-state index is 0.0186. The molecule has 0 aliphatic rings. The van der Waals surface area contributed by atoms with Gasteiger partial charge in [0, 0.05) is 11.6 Å². The Bertz CT molecular complexity index is 910. The van der Waals surface area contributed by atoms with E-state index in [0.717, 1.165) is 12.1 Å². The molecule has 0 aliphatic carbocycles. The van der Waals surface area contributed by atoms with E-state index in [0.29, 0.717) is 22.1 Å². The van der Waals surface area contributed by atoms with Gasteiger partial charge >= 0.3 is 5.97 Å². The van der Waals surface area contributed by atoms with Gasteiger partial charge in [0.15, 0.2) is 35.5 Å². The summed E-state index contributed by atoms with van der Waals surface area (Å²) in [4.78, 5) is 23.9. The summed E-state index contributed by atoms with van der Waals surface area (Å²) >= 11 is 6.09. The highest BCUT2D eigenvalue weighted by Crippen LogP contribution is 2.36. The molecule has 0 amide bonds. The molecule has 2 aromatic carbocycles. The van der Waals surface area contributed by atoms with E-state index in [9.17, 15) is 14.0 Å². The Morgan fingerprint density at radius 2 is 1.75 bits per heavy atom. The lowest BCUT2D eigenvalue weighted by atomic mass is 10.1. The normalized spacial score (nSPS) is 10.6. The van der Waals surface area contributed by atoms with E-state index in [2.05, 4.69) is 0 Å². The van der Waals surface area contributed by atoms with E-state index >= 15 is 0 Å². The topological polar surface area (TPSA) is 71.1 Å². The van der Waals surface area contributed by atoms with Gasteiger partial charge in [-0.3, -0.25) is 4.79 Å². The van der Waals surface area contributed by atoms with Crippen LogP contribution in [0.4, 0.5) is 4.39 Å². The molecule has 0 unspecified atom stereocenters. The van der Waals surface area contributed by atoms with Crippen molar-refractivity contribution in [2.45, 2.75) is 0 Å². The zero-order valence-corrected chi connectivity index (χ0v) is 16.2. The molecule has 0 saturated carbocycles. The van der Waals surface area contributed by atoms with Crippen LogP contribution in [0.1, 0.15) is 15.9 Å². The Morgan fingerprint density at radius 3 is 2.36 bits per heavy atom. The highest BCUT2D eigenvalue weighted by atomic mass is 35.5. The van der Waals surface area contributed by atoms with Crippen LogP contribution in [0.3, 0.4) is 0 Å². The van der Waals surface area contributed by atoms with Crippen LogP contribution in [0.15, 0.2) is 36.4 Å². The van der Waals surface area contributed by atoms with Crippen molar-refractivity contribution >= 4 is 29.4 Å². The molecule has 0 spiro atoms. The minimum Gasteiger partial charge on any atom is -0.494 e. The first-order valence-electron chi connectivity index (χ1n) is 8.02. The van der Waals surface area contributed by atoms with Crippen LogP contribution in [-0.2, 0) is 9.53 Å². The van der Waals surface area contributed by atoms with Crippen molar-refractivity contribution in [3.63, 3.8) is 0 Å². The molecule has 0 N–H and O–H groups in total. The second kappa shape index (κ2) is 9.75. The summed E-state index contributed by atoms with van der Waals surface area (Å²) in [5.74, 6) is -1.17. The van der Waals surface area contributed by atoms with Crippen LogP contribution in [-0.4, -0.2) is 39.7 Å². The third kappa shape index (κ3) is 5.23. The minimum atomic E-state index is -0.742. The summed E-state index contributed by atoms with van der Waals surface area (Å²) in [5.41, 5.74) is 0.643. The number of carbonyl (C=O) groups is 2. The molecule has 2 rings (SSSR count). The summed E-state index contributed by atoms with van der Waals surface area (Å²) in [7, 11) is 4.24. The van der Waals surface area contributed by atoms with Gasteiger partial charge in [0.25, 0.3) is 0 Å². The van der Waals surface area contributed by atoms with Gasteiger partial charge in [-0.25, -0.2) is 9.18 Å². The van der Waals surface area contributed by atoms with Gasteiger partial charge in [-0.05, 0) is 42.0 Å². The standard InChI is InChI=1S/C20H18ClFO6/c1-25-17-6-5-13(10-15(17)22)16(23)11-28-19(24)7-4-12-8-14(21)20(27-3)18(9-12)26-2/h4-10H,11H2,1-3H3/b7-4+. The van der Waals surface area contributed by atoms with Gasteiger partial charge in [0.05, 0.1) is 26.4 Å². The lowest BCUT2D eigenvalue weighted by molar-refractivity contribution is -0.136. The Balaban J connectivity index is 1.99. The number of methoxy groups -OCH3 is 3. The molecule has 0 radical (unpaired) electrons. The molecule has 148 valence electrons. The highest BCUT2D eigenvalue weighted by Gasteiger charge is 2.13. The Morgan fingerprint density at radius 1 is 1.04 bits per heavy atom. The van der Waals surface area contributed by atoms with Gasteiger partial charge in [-0.2, -0.15) is 0 Å². The fourth-order valence-electron chi connectivity index (χ4n) is 2.31. The van der Waals surface area contributed by atoms with E-state index in [-0.39, 0.29) is 11.3 Å². The monoisotopic (exact) mass is 408 g/mol. The number of halogens is 2. The maximum absolute atomic E-state index is 13.6. The molecule has 0 heterocycles. The number of rotatable bonds is 8. The van der Waals surface area contributed by atoms with E-state index in [1.165, 1.54) is 39.5 Å². The van der Waals surface area contributed by atoms with Gasteiger partial charge < -0.3 is 18.9 Å². The summed E-state index contributed by atoms with van der Waals surface area (Å²) in [6.45, 7) is -0.526. The molecule has 0 fully saturated rings. The second-order valence-corrected chi connectivity index (χ2v) is 5.86. The molecule has 0 aromatic heterocycles. The largest absolute Gasteiger partial charge is 0.494 e. The van der Waals surface area contributed by atoms with E-state index in [4.69, 9.17) is 30.5 Å². The van der Waals surface area contributed by atoms with Crippen LogP contribution in [0.25, 0.3) is 6.08 Å². The Hall–Kier alpha value is -3.06. The van der Waals surface area contributed by atoms with Crippen molar-refractivity contribution < 1.29 is 32.9 Å². The zero-order chi connectivity index (χ0) is 20.7. The lowest BCUT2D eigenvalue weighted by Crippen LogP contribution is -2.12. The summed E-state index contributed by atoms with van der Waals surface area (Å²) in [5, 5.41) is 0.312. The number of benzene rings is 2. The fraction of sp³-hybridized carbons (Fsp3) is 0.200. The van der Waals surface area contributed by atoms with E-state index in [1.807, 2.05) is 0 Å². The van der Waals surface area contributed by atoms with Crippen molar-refractivity contribution in [3.8, 4) is 17.2 Å². The van der Waals surface area contributed by atoms with Crippen LogP contribution in [0.2, 0.25) is 5.02 Å². The molecule has 0 saturated heterocycles.